The molecule has 0 spiro atoms. The van der Waals surface area contributed by atoms with Gasteiger partial charge in [-0.15, -0.1) is 0 Å². The first-order valence-electron chi connectivity index (χ1n) is 14.4. The number of carbonyl (C=O) groups is 1. The van der Waals surface area contributed by atoms with Crippen LogP contribution in [0.5, 0.6) is 0 Å². The summed E-state index contributed by atoms with van der Waals surface area (Å²) in [6.45, 7) is 5.85. The minimum Gasteiger partial charge on any atom is -0.470 e. The summed E-state index contributed by atoms with van der Waals surface area (Å²) in [7, 11) is 0. The Bertz CT molecular complexity index is 1250. The van der Waals surface area contributed by atoms with Crippen molar-refractivity contribution in [3.8, 4) is 0 Å². The third-order valence-electron chi connectivity index (χ3n) is 11.1. The van der Waals surface area contributed by atoms with Crippen LogP contribution < -0.4 is 0 Å². The average Bonchev–Trinajstić information content (AvgIpc) is 3.51. The molecule has 2 aromatic carbocycles. The highest BCUT2D eigenvalue weighted by Crippen LogP contribution is 2.64. The molecule has 0 N–H and O–H groups in total. The third-order valence-corrected chi connectivity index (χ3v) is 11.1. The fraction of sp³-hybridized carbons (Fsp3) is 0.545. The Kier molecular flexibility index (Phi) is 5.46. The number of hydrogen-bond donors (Lipinski definition) is 0. The molecule has 3 fully saturated rings. The van der Waals surface area contributed by atoms with Crippen LogP contribution in [-0.2, 0) is 9.53 Å². The lowest BCUT2D eigenvalue weighted by molar-refractivity contribution is -0.120. The number of benzene rings is 2. The lowest BCUT2D eigenvalue weighted by Gasteiger charge is -2.56. The van der Waals surface area contributed by atoms with Crippen LogP contribution in [0.4, 0.5) is 0 Å². The van der Waals surface area contributed by atoms with Crippen molar-refractivity contribution in [1.29, 1.82) is 0 Å². The molecule has 2 heterocycles. The molecular formula is C33H38N2O2. The highest BCUT2D eigenvalue weighted by Gasteiger charge is 2.61. The molecule has 5 aliphatic rings. The Labute approximate surface area is 220 Å². The monoisotopic (exact) mass is 494 g/mol. The summed E-state index contributed by atoms with van der Waals surface area (Å²) in [5, 5.41) is 0. The van der Waals surface area contributed by atoms with Gasteiger partial charge in [0.2, 0.25) is 0 Å². The highest BCUT2D eigenvalue weighted by atomic mass is 16.5. The molecule has 192 valence electrons. The predicted molar refractivity (Wildman–Crippen MR) is 147 cm³/mol. The topological polar surface area (TPSA) is 51.0 Å². The molecule has 0 unspecified atom stereocenters. The van der Waals surface area contributed by atoms with E-state index in [4.69, 9.17) is 14.7 Å². The minimum absolute atomic E-state index is 0.00175. The van der Waals surface area contributed by atoms with E-state index in [1.54, 1.807) is 0 Å². The lowest BCUT2D eigenvalue weighted by Crippen LogP contribution is -2.54. The molecule has 3 saturated carbocycles. The van der Waals surface area contributed by atoms with E-state index in [0.717, 1.165) is 31.7 Å². The molecule has 0 aromatic heterocycles. The van der Waals surface area contributed by atoms with Crippen LogP contribution in [-0.4, -0.2) is 23.9 Å². The van der Waals surface area contributed by atoms with Crippen molar-refractivity contribution in [1.82, 2.24) is 0 Å². The Hall–Kier alpha value is -2.75. The first-order valence-corrected chi connectivity index (χ1v) is 14.4. The number of fused-ring (bicyclic) bond motifs is 5. The fourth-order valence-electron chi connectivity index (χ4n) is 9.01. The van der Waals surface area contributed by atoms with E-state index < -0.39 is 0 Å². The van der Waals surface area contributed by atoms with Gasteiger partial charge in [-0.05, 0) is 66.4 Å². The van der Waals surface area contributed by atoms with Crippen LogP contribution in [0.2, 0.25) is 0 Å². The molecule has 2 aliphatic heterocycles. The molecule has 7 rings (SSSR count). The quantitative estimate of drug-likeness (QED) is 0.454. The van der Waals surface area contributed by atoms with Gasteiger partial charge in [-0.25, -0.2) is 4.99 Å². The summed E-state index contributed by atoms with van der Waals surface area (Å²) in [6, 6.07) is 21.3. The van der Waals surface area contributed by atoms with Gasteiger partial charge >= 0.3 is 0 Å². The molecule has 8 atom stereocenters. The fourth-order valence-corrected chi connectivity index (χ4v) is 9.01. The number of aliphatic imine (C=N–C) groups is 2. The molecule has 4 heteroatoms. The van der Waals surface area contributed by atoms with Gasteiger partial charge in [-0.3, -0.25) is 9.79 Å². The van der Waals surface area contributed by atoms with E-state index in [1.807, 2.05) is 0 Å². The van der Waals surface area contributed by atoms with Gasteiger partial charge < -0.3 is 4.74 Å². The van der Waals surface area contributed by atoms with E-state index in [0.29, 0.717) is 35.9 Å². The standard InChI is InChI=1S/C33H38N2O2/c1-32-18-16-26-24(20-34-28-19-23(36)15-17-33(26,28)2)25(32)13-14-27(32)31-35-29(21-9-5-3-6-10-21)30(37-31)22-11-7-4-8-12-22/h3-12,24-27,29-30H,13-20H2,1-2H3/t24-,25-,26-,27+,29+,30+,32-,33+/m0/s1. The third kappa shape index (κ3) is 3.58. The van der Waals surface area contributed by atoms with Crippen LogP contribution in [0.3, 0.4) is 0 Å². The Morgan fingerprint density at radius 3 is 2.35 bits per heavy atom. The van der Waals surface area contributed by atoms with Crippen molar-refractivity contribution >= 4 is 17.4 Å². The Morgan fingerprint density at radius 1 is 0.865 bits per heavy atom. The van der Waals surface area contributed by atoms with Crippen LogP contribution in [0.1, 0.15) is 82.1 Å². The maximum Gasteiger partial charge on any atom is 0.188 e. The van der Waals surface area contributed by atoms with Crippen molar-refractivity contribution in [3.05, 3.63) is 71.8 Å². The SMILES string of the molecule is C[C@]12CC[C@H]3[C@@H](CN=C4CC(=O)CC[C@@]43C)[C@@H]1CC[C@@H]2C1=N[C@H](c2ccccc2)[C@@H](c2ccccc2)O1. The summed E-state index contributed by atoms with van der Waals surface area (Å²) in [5.41, 5.74) is 3.95. The van der Waals surface area contributed by atoms with Gasteiger partial charge in [0, 0.05) is 36.4 Å². The molecule has 0 bridgehead atoms. The van der Waals surface area contributed by atoms with E-state index >= 15 is 0 Å². The first-order chi connectivity index (χ1) is 18.0. The summed E-state index contributed by atoms with van der Waals surface area (Å²) in [4.78, 5) is 22.7. The van der Waals surface area contributed by atoms with E-state index in [1.165, 1.54) is 36.1 Å². The number of ether oxygens (including phenoxy) is 1. The molecule has 37 heavy (non-hydrogen) atoms. The zero-order chi connectivity index (χ0) is 25.2. The van der Waals surface area contributed by atoms with Gasteiger partial charge in [-0.2, -0.15) is 0 Å². The zero-order valence-corrected chi connectivity index (χ0v) is 22.1. The summed E-state index contributed by atoms with van der Waals surface area (Å²) >= 11 is 0. The number of carbonyl (C=O) groups excluding carboxylic acids is 1. The van der Waals surface area contributed by atoms with Crippen molar-refractivity contribution < 1.29 is 9.53 Å². The molecule has 0 saturated heterocycles. The van der Waals surface area contributed by atoms with Crippen molar-refractivity contribution in [2.75, 3.05) is 6.54 Å². The van der Waals surface area contributed by atoms with Gasteiger partial charge in [0.15, 0.2) is 12.0 Å². The normalized spacial score (nSPS) is 40.6. The van der Waals surface area contributed by atoms with Crippen molar-refractivity contribution in [3.63, 3.8) is 0 Å². The van der Waals surface area contributed by atoms with Crippen LogP contribution in [0.25, 0.3) is 0 Å². The van der Waals surface area contributed by atoms with E-state index in [-0.39, 0.29) is 23.0 Å². The lowest BCUT2D eigenvalue weighted by atomic mass is 9.49. The van der Waals surface area contributed by atoms with Gasteiger partial charge in [-0.1, -0.05) is 74.5 Å². The predicted octanol–water partition coefficient (Wildman–Crippen LogP) is 7.17. The van der Waals surface area contributed by atoms with Crippen LogP contribution in [0.15, 0.2) is 70.6 Å². The van der Waals surface area contributed by atoms with E-state index in [9.17, 15) is 4.79 Å². The maximum atomic E-state index is 12.2. The van der Waals surface area contributed by atoms with E-state index in [2.05, 4.69) is 74.5 Å². The Morgan fingerprint density at radius 2 is 1.59 bits per heavy atom. The number of hydrogen-bond acceptors (Lipinski definition) is 4. The highest BCUT2D eigenvalue weighted by molar-refractivity contribution is 6.07. The average molecular weight is 495 g/mol. The molecular weight excluding hydrogens is 456 g/mol. The molecule has 3 aliphatic carbocycles. The summed E-state index contributed by atoms with van der Waals surface area (Å²) in [5.74, 6) is 3.65. The molecule has 2 aromatic rings. The van der Waals surface area contributed by atoms with Crippen molar-refractivity contribution in [2.45, 2.75) is 70.9 Å². The second-order valence-electron chi connectivity index (χ2n) is 12.7. The minimum atomic E-state index is -0.0712. The maximum absolute atomic E-state index is 12.2. The number of rotatable bonds is 3. The second-order valence-corrected chi connectivity index (χ2v) is 12.7. The smallest absolute Gasteiger partial charge is 0.188 e. The van der Waals surface area contributed by atoms with Crippen molar-refractivity contribution in [2.24, 2.45) is 44.5 Å². The van der Waals surface area contributed by atoms with Gasteiger partial charge in [0.1, 0.15) is 11.8 Å². The van der Waals surface area contributed by atoms with Gasteiger partial charge in [0.25, 0.3) is 0 Å². The number of Topliss-reactive ketones (excluding diaryl/α,β-unsaturated/α-hetero) is 1. The van der Waals surface area contributed by atoms with Crippen LogP contribution >= 0.6 is 0 Å². The van der Waals surface area contributed by atoms with Crippen LogP contribution in [0, 0.1) is 34.5 Å². The number of nitrogens with zero attached hydrogens (tertiary/aromatic N) is 2. The second kappa shape index (κ2) is 8.64. The number of ketones is 1. The first kappa shape index (κ1) is 23.4. The summed E-state index contributed by atoms with van der Waals surface area (Å²) in [6.07, 6.45) is 7.08. The molecule has 0 amide bonds. The zero-order valence-electron chi connectivity index (χ0n) is 22.1. The largest absolute Gasteiger partial charge is 0.470 e. The van der Waals surface area contributed by atoms with Gasteiger partial charge in [0.05, 0.1) is 0 Å². The molecule has 0 radical (unpaired) electrons. The Balaban J connectivity index is 1.20. The molecule has 4 nitrogen and oxygen atoms in total. The summed E-state index contributed by atoms with van der Waals surface area (Å²) < 4.78 is 6.85.